The lowest BCUT2D eigenvalue weighted by atomic mass is 10.0. The lowest BCUT2D eigenvalue weighted by Gasteiger charge is -2.27. The molecule has 428 valence electrons. The van der Waals surface area contributed by atoms with Crippen LogP contribution in [-0.4, -0.2) is 231 Å². The fourth-order valence-corrected chi connectivity index (χ4v) is 6.95. The fourth-order valence-electron chi connectivity index (χ4n) is 6.95. The Morgan fingerprint density at radius 2 is 1.10 bits per heavy atom. The van der Waals surface area contributed by atoms with E-state index in [0.29, 0.717) is 37.8 Å². The Morgan fingerprint density at radius 3 is 1.62 bits per heavy atom. The maximum Gasteiger partial charge on any atom is 0.306 e. The average Bonchev–Trinajstić information content (AvgIpc) is 3.70. The van der Waals surface area contributed by atoms with E-state index in [1.807, 2.05) is 6.92 Å². The number of ether oxygens (including phenoxy) is 3. The largest absolute Gasteiger partial charge is 0.461 e. The van der Waals surface area contributed by atoms with Crippen LogP contribution in [-0.2, 0) is 78.4 Å². The number of unbranched alkanes of at least 4 members (excludes halogenated alkanes) is 2. The summed E-state index contributed by atoms with van der Waals surface area (Å²) in [4.78, 5) is 160. The van der Waals surface area contributed by atoms with E-state index in [2.05, 4.69) is 16.0 Å². The second-order valence-corrected chi connectivity index (χ2v) is 19.1. The summed E-state index contributed by atoms with van der Waals surface area (Å²) in [5, 5.41) is 7.99. The van der Waals surface area contributed by atoms with Gasteiger partial charge in [-0.2, -0.15) is 0 Å². The van der Waals surface area contributed by atoms with Crippen LogP contribution in [0.2, 0.25) is 0 Å². The van der Waals surface area contributed by atoms with Gasteiger partial charge < -0.3 is 59.6 Å². The lowest BCUT2D eigenvalue weighted by molar-refractivity contribution is -0.145. The summed E-state index contributed by atoms with van der Waals surface area (Å²) >= 11 is 0. The molecule has 1 aliphatic rings. The van der Waals surface area contributed by atoms with Crippen molar-refractivity contribution in [2.75, 3.05) is 119 Å². The van der Waals surface area contributed by atoms with Crippen molar-refractivity contribution in [1.82, 2.24) is 44.9 Å². The third kappa shape index (κ3) is 25.0. The van der Waals surface area contributed by atoms with E-state index in [-0.39, 0.29) is 96.5 Å². The molecule has 0 spiro atoms. The fraction of sp³-hybridized carbons (Fsp3) is 0.615. The second-order valence-electron chi connectivity index (χ2n) is 19.1. The molecule has 25 heteroatoms. The molecule has 11 amide bonds. The van der Waals surface area contributed by atoms with Crippen LogP contribution in [0.4, 0.5) is 5.69 Å². The number of likely N-dealkylation sites (N-methyl/N-ethyl adjacent to an activating group) is 5. The number of nitrogens with zero attached hydrogens (tertiary/aromatic N) is 7. The molecule has 2 rings (SSSR count). The smallest absolute Gasteiger partial charge is 0.306 e. The number of hydrogen-bond donors (Lipinski definition) is 3. The van der Waals surface area contributed by atoms with E-state index in [4.69, 9.17) is 14.2 Å². The molecule has 0 bridgehead atoms. The van der Waals surface area contributed by atoms with Gasteiger partial charge in [-0.05, 0) is 49.8 Å². The number of imide groups is 1. The molecule has 1 aromatic carbocycles. The number of hydrogen-bond acceptors (Lipinski definition) is 15. The minimum absolute atomic E-state index is 0.0614. The number of esters is 1. The van der Waals surface area contributed by atoms with Crippen molar-refractivity contribution in [3.8, 4) is 0 Å². The Morgan fingerprint density at radius 1 is 0.584 bits per heavy atom. The molecule has 1 aliphatic heterocycles. The monoisotopic (exact) mass is 1080 g/mol. The van der Waals surface area contributed by atoms with Gasteiger partial charge in [-0.25, -0.2) is 0 Å². The number of anilines is 1. The summed E-state index contributed by atoms with van der Waals surface area (Å²) in [6, 6.07) is 4.49. The molecule has 2 atom stereocenters. The summed E-state index contributed by atoms with van der Waals surface area (Å²) < 4.78 is 16.4. The summed E-state index contributed by atoms with van der Waals surface area (Å²) in [6.45, 7) is 7.45. The minimum atomic E-state index is -1.13. The first-order chi connectivity index (χ1) is 36.3. The molecule has 1 aromatic rings. The van der Waals surface area contributed by atoms with E-state index in [0.717, 1.165) is 15.4 Å². The van der Waals surface area contributed by atoms with E-state index in [9.17, 15) is 57.5 Å². The quantitative estimate of drug-likeness (QED) is 0.0450. The van der Waals surface area contributed by atoms with Crippen LogP contribution in [0.15, 0.2) is 36.4 Å². The molecule has 0 fully saturated rings. The Labute approximate surface area is 451 Å². The molecule has 0 saturated carbocycles. The zero-order valence-electron chi connectivity index (χ0n) is 46.4. The van der Waals surface area contributed by atoms with Crippen molar-refractivity contribution in [1.29, 1.82) is 0 Å². The first kappa shape index (κ1) is 65.8. The van der Waals surface area contributed by atoms with Crippen molar-refractivity contribution in [2.24, 2.45) is 5.92 Å². The molecule has 0 saturated heterocycles. The molecule has 0 aliphatic carbocycles. The van der Waals surface area contributed by atoms with Crippen molar-refractivity contribution in [2.45, 2.75) is 91.8 Å². The highest BCUT2D eigenvalue weighted by Gasteiger charge is 2.30. The van der Waals surface area contributed by atoms with Gasteiger partial charge in [0.05, 0.1) is 46.1 Å². The second kappa shape index (κ2) is 34.4. The topological polar surface area (TPSA) is 291 Å². The van der Waals surface area contributed by atoms with Gasteiger partial charge in [0.1, 0.15) is 31.8 Å². The highest BCUT2D eigenvalue weighted by atomic mass is 16.5. The molecule has 0 aromatic heterocycles. The van der Waals surface area contributed by atoms with Gasteiger partial charge in [0.15, 0.2) is 0 Å². The lowest BCUT2D eigenvalue weighted by Crippen LogP contribution is -2.55. The summed E-state index contributed by atoms with van der Waals surface area (Å²) in [7, 11) is 7.41. The molecule has 77 heavy (non-hydrogen) atoms. The van der Waals surface area contributed by atoms with Crippen LogP contribution in [0.3, 0.4) is 0 Å². The third-order valence-electron chi connectivity index (χ3n) is 12.2. The minimum Gasteiger partial charge on any atom is -0.461 e. The molecule has 3 N–H and O–H groups in total. The summed E-state index contributed by atoms with van der Waals surface area (Å²) in [6.07, 6.45) is 4.51. The van der Waals surface area contributed by atoms with Crippen LogP contribution in [0.5, 0.6) is 0 Å². The van der Waals surface area contributed by atoms with Gasteiger partial charge in [0.25, 0.3) is 11.8 Å². The number of benzene rings is 1. The zero-order valence-corrected chi connectivity index (χ0v) is 46.4. The number of carbonyl (C=O) groups excluding carboxylic acids is 12. The Bertz CT molecular complexity index is 2220. The Balaban J connectivity index is 1.90. The maximum absolute atomic E-state index is 13.6. The summed E-state index contributed by atoms with van der Waals surface area (Å²) in [5.41, 5.74) is 1.16. The number of nitrogens with one attached hydrogen (secondary N) is 3. The van der Waals surface area contributed by atoms with Crippen LogP contribution in [0, 0.1) is 5.92 Å². The normalized spacial score (nSPS) is 12.6. The number of rotatable bonds is 35. The van der Waals surface area contributed by atoms with Crippen molar-refractivity contribution in [3.05, 3.63) is 42.0 Å². The van der Waals surface area contributed by atoms with E-state index in [1.165, 1.54) is 78.7 Å². The van der Waals surface area contributed by atoms with Gasteiger partial charge >= 0.3 is 5.97 Å². The van der Waals surface area contributed by atoms with E-state index in [1.54, 1.807) is 45.2 Å². The van der Waals surface area contributed by atoms with Gasteiger partial charge in [-0.1, -0.05) is 39.3 Å². The van der Waals surface area contributed by atoms with Gasteiger partial charge in [0, 0.05) is 92.5 Å². The van der Waals surface area contributed by atoms with Gasteiger partial charge in [0.2, 0.25) is 53.2 Å². The van der Waals surface area contributed by atoms with Crippen molar-refractivity contribution in [3.63, 3.8) is 0 Å². The van der Waals surface area contributed by atoms with Crippen molar-refractivity contribution < 1.29 is 71.7 Å². The molecular weight excluding hydrogens is 1000 g/mol. The molecule has 0 unspecified atom stereocenters. The SMILES string of the molecule is CCCC(=O)OCc1ccc(NC(=O)[C@H](C)NC(=O)[C@@H](NC(=O)CN(CC(=O)N(C)CCOCCOCCN(C)C(=O)CN(C)C(=O)CN(C)C(=O)CN(C)C(C)=O)C(=O)CCCCCN2C(=O)C=CC2=O)C(C)C)cc1. The zero-order chi connectivity index (χ0) is 57.8. The predicted molar refractivity (Wildman–Crippen MR) is 281 cm³/mol. The van der Waals surface area contributed by atoms with Gasteiger partial charge in [-0.15, -0.1) is 0 Å². The first-order valence-electron chi connectivity index (χ1n) is 25.6. The van der Waals surface area contributed by atoms with E-state index >= 15 is 0 Å². The number of amides is 11. The van der Waals surface area contributed by atoms with Crippen molar-refractivity contribution >= 4 is 76.6 Å². The van der Waals surface area contributed by atoms with E-state index < -0.39 is 84.3 Å². The Kier molecular flexibility index (Phi) is 29.4. The maximum atomic E-state index is 13.6. The van der Waals surface area contributed by atoms with Crippen LogP contribution in [0.25, 0.3) is 0 Å². The highest BCUT2D eigenvalue weighted by Crippen LogP contribution is 2.13. The standard InChI is InChI=1S/C52H80N10O15/c1-11-15-49(72)77-35-39-17-19-40(20-18-39)54-51(73)37(4)53-52(74)50(36(2)3)55-41(64)30-61(42(65)16-13-12-14-23-62-43(66)21-22-44(62)67)34-48(71)57(7)25-27-76-29-28-75-26-24-56(6)45(68)32-59(9)47(70)33-60(10)46(69)31-58(8)38(5)63/h17-22,36-37,50H,11-16,23-35H2,1-10H3,(H,53,74)(H,54,73)(H,55,64)/t37-,50-/m0/s1. The average molecular weight is 1090 g/mol. The first-order valence-corrected chi connectivity index (χ1v) is 25.6. The van der Waals surface area contributed by atoms with Crippen LogP contribution < -0.4 is 16.0 Å². The Hall–Kier alpha value is -7.28. The van der Waals surface area contributed by atoms with Crippen LogP contribution in [0.1, 0.15) is 78.7 Å². The molecule has 0 radical (unpaired) electrons. The third-order valence-corrected chi connectivity index (χ3v) is 12.2. The predicted octanol–water partition coefficient (Wildman–Crippen LogP) is -0.227. The number of carbonyl (C=O) groups is 12. The van der Waals surface area contributed by atoms with Gasteiger partial charge in [-0.3, -0.25) is 62.4 Å². The molecular formula is C52H80N10O15. The van der Waals surface area contributed by atoms with Crippen LogP contribution >= 0.6 is 0 Å². The molecule has 1 heterocycles. The molecule has 25 nitrogen and oxygen atoms in total. The highest BCUT2D eigenvalue weighted by molar-refractivity contribution is 6.12. The summed E-state index contributed by atoms with van der Waals surface area (Å²) in [5.74, 6) is -6.09.